The van der Waals surface area contributed by atoms with Gasteiger partial charge in [-0.2, -0.15) is 0 Å². The first-order chi connectivity index (χ1) is 13.5. The lowest BCUT2D eigenvalue weighted by Crippen LogP contribution is -2.44. The van der Waals surface area contributed by atoms with Crippen LogP contribution >= 0.6 is 23.1 Å². The maximum atomic E-state index is 12.2. The molecule has 3 rings (SSSR count). The zero-order chi connectivity index (χ0) is 20.1. The SMILES string of the molecule is CCC(=O)N(c1nnc(S[C@@H](C)C(=O)NNC(=O)c2ccccc2)s1)C1CC1. The topological polar surface area (TPSA) is 104 Å². The van der Waals surface area contributed by atoms with Gasteiger partial charge in [-0.05, 0) is 31.9 Å². The monoisotopic (exact) mass is 419 g/mol. The van der Waals surface area contributed by atoms with Gasteiger partial charge in [0, 0.05) is 18.0 Å². The van der Waals surface area contributed by atoms with Crippen molar-refractivity contribution in [2.75, 3.05) is 4.90 Å². The molecule has 2 N–H and O–H groups in total. The average molecular weight is 420 g/mol. The van der Waals surface area contributed by atoms with Gasteiger partial charge in [0.2, 0.25) is 11.0 Å². The number of amides is 3. The molecular weight excluding hydrogens is 398 g/mol. The summed E-state index contributed by atoms with van der Waals surface area (Å²) in [4.78, 5) is 38.1. The highest BCUT2D eigenvalue weighted by Crippen LogP contribution is 2.37. The van der Waals surface area contributed by atoms with Crippen molar-refractivity contribution in [3.63, 3.8) is 0 Å². The molecule has 0 unspecified atom stereocenters. The van der Waals surface area contributed by atoms with Crippen molar-refractivity contribution in [1.82, 2.24) is 21.0 Å². The zero-order valence-corrected chi connectivity index (χ0v) is 17.2. The number of hydrazine groups is 1. The van der Waals surface area contributed by atoms with E-state index in [4.69, 9.17) is 0 Å². The number of nitrogens with zero attached hydrogens (tertiary/aromatic N) is 3. The molecule has 0 aliphatic heterocycles. The highest BCUT2D eigenvalue weighted by atomic mass is 32.2. The minimum Gasteiger partial charge on any atom is -0.284 e. The first kappa shape index (κ1) is 20.3. The smallest absolute Gasteiger partial charge is 0.269 e. The molecule has 28 heavy (non-hydrogen) atoms. The Bertz CT molecular complexity index is 854. The quantitative estimate of drug-likeness (QED) is 0.406. The highest BCUT2D eigenvalue weighted by Gasteiger charge is 2.35. The van der Waals surface area contributed by atoms with Crippen LogP contribution in [0.5, 0.6) is 0 Å². The van der Waals surface area contributed by atoms with Gasteiger partial charge in [0.25, 0.3) is 11.8 Å². The molecule has 1 aromatic heterocycles. The first-order valence-electron chi connectivity index (χ1n) is 8.97. The van der Waals surface area contributed by atoms with E-state index < -0.39 is 5.25 Å². The minimum absolute atomic E-state index is 0.0321. The van der Waals surface area contributed by atoms with Crippen LogP contribution in [-0.4, -0.2) is 39.2 Å². The molecule has 1 fully saturated rings. The summed E-state index contributed by atoms with van der Waals surface area (Å²) in [7, 11) is 0. The number of hydrogen-bond donors (Lipinski definition) is 2. The Morgan fingerprint density at radius 3 is 2.57 bits per heavy atom. The van der Waals surface area contributed by atoms with Crippen molar-refractivity contribution in [1.29, 1.82) is 0 Å². The molecule has 0 bridgehead atoms. The first-order valence-corrected chi connectivity index (χ1v) is 10.7. The third-order valence-electron chi connectivity index (χ3n) is 4.07. The summed E-state index contributed by atoms with van der Waals surface area (Å²) in [6.07, 6.45) is 2.37. The number of hydrogen-bond acceptors (Lipinski definition) is 7. The number of carbonyl (C=O) groups excluding carboxylic acids is 3. The second kappa shape index (κ2) is 9.16. The lowest BCUT2D eigenvalue weighted by atomic mass is 10.2. The van der Waals surface area contributed by atoms with E-state index in [0.29, 0.717) is 21.5 Å². The number of carbonyl (C=O) groups is 3. The molecule has 0 spiro atoms. The van der Waals surface area contributed by atoms with Crippen LogP contribution in [0.4, 0.5) is 5.13 Å². The van der Waals surface area contributed by atoms with Gasteiger partial charge in [-0.3, -0.25) is 30.1 Å². The summed E-state index contributed by atoms with van der Waals surface area (Å²) in [6, 6.07) is 8.83. The van der Waals surface area contributed by atoms with E-state index in [-0.39, 0.29) is 23.8 Å². The predicted octanol–water partition coefficient (Wildman–Crippen LogP) is 2.39. The fraction of sp³-hybridized carbons (Fsp3) is 0.389. The summed E-state index contributed by atoms with van der Waals surface area (Å²) in [5.74, 6) is -0.707. The lowest BCUT2D eigenvalue weighted by Gasteiger charge is -2.17. The van der Waals surface area contributed by atoms with Gasteiger partial charge >= 0.3 is 0 Å². The molecule has 1 aliphatic carbocycles. The van der Waals surface area contributed by atoms with Crippen molar-refractivity contribution in [2.24, 2.45) is 0 Å². The van der Waals surface area contributed by atoms with Crippen LogP contribution < -0.4 is 15.8 Å². The Labute approximate surface area is 171 Å². The van der Waals surface area contributed by atoms with Gasteiger partial charge < -0.3 is 0 Å². The number of rotatable bonds is 7. The van der Waals surface area contributed by atoms with E-state index in [1.807, 2.05) is 13.0 Å². The Morgan fingerprint density at radius 2 is 1.93 bits per heavy atom. The van der Waals surface area contributed by atoms with Crippen LogP contribution in [0, 0.1) is 0 Å². The molecule has 1 heterocycles. The van der Waals surface area contributed by atoms with Crippen molar-refractivity contribution in [3.05, 3.63) is 35.9 Å². The standard InChI is InChI=1S/C18H21N5O3S2/c1-3-14(24)23(13-9-10-13)17-21-22-18(28-17)27-11(2)15(25)19-20-16(26)12-7-5-4-6-8-12/h4-8,11,13H,3,9-10H2,1-2H3,(H,19,25)(H,20,26)/t11-/m0/s1. The van der Waals surface area contributed by atoms with Gasteiger partial charge in [0.1, 0.15) is 0 Å². The summed E-state index contributed by atoms with van der Waals surface area (Å²) < 4.78 is 0.599. The molecule has 1 atom stereocenters. The Kier molecular flexibility index (Phi) is 6.63. The Balaban J connectivity index is 1.53. The molecule has 2 aromatic rings. The van der Waals surface area contributed by atoms with E-state index in [2.05, 4.69) is 21.0 Å². The summed E-state index contributed by atoms with van der Waals surface area (Å²) in [5.41, 5.74) is 5.27. The molecule has 148 valence electrons. The highest BCUT2D eigenvalue weighted by molar-refractivity contribution is 8.02. The summed E-state index contributed by atoms with van der Waals surface area (Å²) >= 11 is 2.53. The Morgan fingerprint density at radius 1 is 1.21 bits per heavy atom. The van der Waals surface area contributed by atoms with E-state index in [0.717, 1.165) is 12.8 Å². The van der Waals surface area contributed by atoms with E-state index in [9.17, 15) is 14.4 Å². The van der Waals surface area contributed by atoms with Crippen molar-refractivity contribution < 1.29 is 14.4 Å². The Hall–Kier alpha value is -2.46. The molecule has 3 amide bonds. The maximum Gasteiger partial charge on any atom is 0.269 e. The molecule has 1 aromatic carbocycles. The zero-order valence-electron chi connectivity index (χ0n) is 15.5. The van der Waals surface area contributed by atoms with Crippen molar-refractivity contribution in [2.45, 2.75) is 48.7 Å². The molecule has 0 saturated heterocycles. The van der Waals surface area contributed by atoms with Gasteiger partial charge in [-0.25, -0.2) is 0 Å². The lowest BCUT2D eigenvalue weighted by molar-refractivity contribution is -0.121. The van der Waals surface area contributed by atoms with E-state index >= 15 is 0 Å². The van der Waals surface area contributed by atoms with Crippen molar-refractivity contribution >= 4 is 46.0 Å². The fourth-order valence-corrected chi connectivity index (χ4v) is 4.48. The number of aromatic nitrogens is 2. The van der Waals surface area contributed by atoms with E-state index in [1.165, 1.54) is 23.1 Å². The summed E-state index contributed by atoms with van der Waals surface area (Å²) in [6.45, 7) is 3.54. The number of thioether (sulfide) groups is 1. The molecule has 0 radical (unpaired) electrons. The van der Waals surface area contributed by atoms with Gasteiger partial charge in [0.15, 0.2) is 4.34 Å². The number of anilines is 1. The second-order valence-corrected chi connectivity index (χ2v) is 8.81. The fourth-order valence-electron chi connectivity index (χ4n) is 2.40. The second-order valence-electron chi connectivity index (χ2n) is 6.27. The molecular formula is C18H21N5O3S2. The third kappa shape index (κ3) is 5.08. The molecule has 10 heteroatoms. The van der Waals surface area contributed by atoms with Crippen molar-refractivity contribution in [3.8, 4) is 0 Å². The average Bonchev–Trinajstić information content (AvgIpc) is 3.45. The van der Waals surface area contributed by atoms with Crippen LogP contribution in [-0.2, 0) is 9.59 Å². The predicted molar refractivity (Wildman–Crippen MR) is 108 cm³/mol. The summed E-state index contributed by atoms with van der Waals surface area (Å²) in [5, 5.41) is 8.30. The van der Waals surface area contributed by atoms with E-state index in [1.54, 1.807) is 36.1 Å². The van der Waals surface area contributed by atoms with Crippen LogP contribution in [0.25, 0.3) is 0 Å². The molecule has 1 aliphatic rings. The molecule has 1 saturated carbocycles. The molecule has 8 nitrogen and oxygen atoms in total. The number of nitrogens with one attached hydrogen (secondary N) is 2. The van der Waals surface area contributed by atoms with Crippen LogP contribution in [0.3, 0.4) is 0 Å². The maximum absolute atomic E-state index is 12.2. The van der Waals surface area contributed by atoms with Gasteiger partial charge in [-0.1, -0.05) is 48.2 Å². The normalized spacial score (nSPS) is 14.2. The van der Waals surface area contributed by atoms with Crippen LogP contribution in [0.2, 0.25) is 0 Å². The minimum atomic E-state index is -0.492. The largest absolute Gasteiger partial charge is 0.284 e. The van der Waals surface area contributed by atoms with Gasteiger partial charge in [0.05, 0.1) is 5.25 Å². The van der Waals surface area contributed by atoms with Crippen LogP contribution in [0.15, 0.2) is 34.7 Å². The number of benzene rings is 1. The van der Waals surface area contributed by atoms with Gasteiger partial charge in [-0.15, -0.1) is 10.2 Å². The third-order valence-corrected chi connectivity index (χ3v) is 6.17. The van der Waals surface area contributed by atoms with Crippen LogP contribution in [0.1, 0.15) is 43.5 Å².